The summed E-state index contributed by atoms with van der Waals surface area (Å²) in [6.07, 6.45) is 8.04. The molecule has 0 N–H and O–H groups in total. The molecule has 2 rings (SSSR count). The zero-order valence-electron chi connectivity index (χ0n) is 8.67. The third-order valence-corrected chi connectivity index (χ3v) is 1.86. The average molecular weight is 242 g/mol. The van der Waals surface area contributed by atoms with Crippen molar-refractivity contribution < 1.29 is 22.2 Å². The summed E-state index contributed by atoms with van der Waals surface area (Å²) in [6.45, 7) is 1.87. The van der Waals surface area contributed by atoms with Crippen LogP contribution in [0.3, 0.4) is 0 Å². The topological polar surface area (TPSA) is 23.1 Å². The molecule has 1 aliphatic rings. The summed E-state index contributed by atoms with van der Waals surface area (Å²) in [5.41, 5.74) is 0.831. The average Bonchev–Trinajstić information content (AvgIpc) is 2.91. The maximum absolute atomic E-state index is 10.9. The van der Waals surface area contributed by atoms with Crippen molar-refractivity contribution >= 4 is 0 Å². The SMILES string of the molecule is CCC([O-])=C1C=CC=C1.[Fe+2].c1cc[cH-]c1. The molecule has 1 aromatic carbocycles. The fourth-order valence-electron chi connectivity index (χ4n) is 1.08. The van der Waals surface area contributed by atoms with Gasteiger partial charge in [-0.3, -0.25) is 0 Å². The van der Waals surface area contributed by atoms with Crippen molar-refractivity contribution in [3.8, 4) is 0 Å². The molecule has 1 nitrogen and oxygen atoms in total. The van der Waals surface area contributed by atoms with Gasteiger partial charge >= 0.3 is 17.1 Å². The minimum absolute atomic E-state index is 0. The van der Waals surface area contributed by atoms with Crippen LogP contribution >= 0.6 is 0 Å². The molecule has 0 atom stereocenters. The Morgan fingerprint density at radius 3 is 2.07 bits per heavy atom. The summed E-state index contributed by atoms with van der Waals surface area (Å²) < 4.78 is 0. The standard InChI is InChI=1S/C8H10O.C5H5.Fe/c1-2-8(9)7-5-3-4-6-7;1-2-4-5-3-1;/h3-6,9H,2H2,1H3;1-5H;/q;-1;+2/p-1. The number of hydrogen-bond donors (Lipinski definition) is 0. The van der Waals surface area contributed by atoms with E-state index in [0.29, 0.717) is 6.42 Å². The fraction of sp³-hybridized carbons (Fsp3) is 0.154. The van der Waals surface area contributed by atoms with Gasteiger partial charge in [0.1, 0.15) is 0 Å². The zero-order valence-corrected chi connectivity index (χ0v) is 9.77. The molecule has 0 heterocycles. The number of allylic oxidation sites excluding steroid dienone is 6. The number of rotatable bonds is 1. The predicted octanol–water partition coefficient (Wildman–Crippen LogP) is 2.54. The van der Waals surface area contributed by atoms with Gasteiger partial charge < -0.3 is 5.11 Å². The van der Waals surface area contributed by atoms with Gasteiger partial charge in [-0.15, -0.1) is 5.76 Å². The summed E-state index contributed by atoms with van der Waals surface area (Å²) >= 11 is 0. The van der Waals surface area contributed by atoms with Gasteiger partial charge in [0.15, 0.2) is 0 Å². The predicted molar refractivity (Wildman–Crippen MR) is 57.6 cm³/mol. The molecule has 0 spiro atoms. The molecule has 0 unspecified atom stereocenters. The normalized spacial score (nSPS) is 11.7. The van der Waals surface area contributed by atoms with Crippen LogP contribution in [-0.4, -0.2) is 0 Å². The first-order valence-electron chi connectivity index (χ1n) is 4.76. The van der Waals surface area contributed by atoms with E-state index in [9.17, 15) is 5.11 Å². The van der Waals surface area contributed by atoms with E-state index in [0.717, 1.165) is 5.57 Å². The van der Waals surface area contributed by atoms with Gasteiger partial charge in [-0.25, -0.2) is 12.1 Å². The van der Waals surface area contributed by atoms with Crippen molar-refractivity contribution in [1.29, 1.82) is 0 Å². The maximum atomic E-state index is 10.9. The molecule has 0 fully saturated rings. The Balaban J connectivity index is 0.000000280. The third-order valence-electron chi connectivity index (χ3n) is 1.86. The molecule has 0 aliphatic heterocycles. The van der Waals surface area contributed by atoms with E-state index in [1.165, 1.54) is 0 Å². The molecule has 15 heavy (non-hydrogen) atoms. The summed E-state index contributed by atoms with van der Waals surface area (Å²) in [4.78, 5) is 0. The molecule has 0 amide bonds. The second-order valence-electron chi connectivity index (χ2n) is 2.91. The zero-order chi connectivity index (χ0) is 10.2. The fourth-order valence-corrected chi connectivity index (χ4v) is 1.08. The van der Waals surface area contributed by atoms with Crippen LogP contribution < -0.4 is 5.11 Å². The summed E-state index contributed by atoms with van der Waals surface area (Å²) in [5, 5.41) is 10.9. The molecule has 0 saturated carbocycles. The molecular weight excluding hydrogens is 228 g/mol. The van der Waals surface area contributed by atoms with E-state index in [1.807, 2.05) is 61.6 Å². The molecule has 0 saturated heterocycles. The second-order valence-corrected chi connectivity index (χ2v) is 2.91. The third kappa shape index (κ3) is 5.36. The summed E-state index contributed by atoms with van der Waals surface area (Å²) in [6, 6.07) is 10.0. The van der Waals surface area contributed by atoms with Crippen LogP contribution in [0.4, 0.5) is 0 Å². The Bertz CT molecular complexity index is 300. The van der Waals surface area contributed by atoms with Crippen LogP contribution in [0.25, 0.3) is 0 Å². The van der Waals surface area contributed by atoms with Crippen molar-refractivity contribution in [3.63, 3.8) is 0 Å². The van der Waals surface area contributed by atoms with Gasteiger partial charge in [0, 0.05) is 0 Å². The molecule has 0 radical (unpaired) electrons. The van der Waals surface area contributed by atoms with Crippen LogP contribution in [-0.2, 0) is 17.1 Å². The smallest absolute Gasteiger partial charge is 0.875 e. The summed E-state index contributed by atoms with van der Waals surface area (Å²) in [7, 11) is 0. The van der Waals surface area contributed by atoms with Gasteiger partial charge in [-0.05, 0) is 12.0 Å². The van der Waals surface area contributed by atoms with Crippen LogP contribution in [0.5, 0.6) is 0 Å². The Kier molecular flexibility index (Phi) is 7.61. The van der Waals surface area contributed by atoms with Gasteiger partial charge in [-0.1, -0.05) is 31.2 Å². The van der Waals surface area contributed by atoms with Gasteiger partial charge in [0.05, 0.1) is 0 Å². The molecule has 1 aliphatic carbocycles. The Hall–Kier alpha value is -1.11. The minimum atomic E-state index is 0. The molecular formula is C13H14FeO. The van der Waals surface area contributed by atoms with Gasteiger partial charge in [-0.2, -0.15) is 18.2 Å². The largest absolute Gasteiger partial charge is 2.00 e. The molecule has 0 aromatic heterocycles. The Morgan fingerprint density at radius 2 is 1.73 bits per heavy atom. The molecule has 80 valence electrons. The van der Waals surface area contributed by atoms with Crippen molar-refractivity contribution in [2.24, 2.45) is 0 Å². The van der Waals surface area contributed by atoms with E-state index >= 15 is 0 Å². The van der Waals surface area contributed by atoms with Crippen LogP contribution in [0.15, 0.2) is 66.0 Å². The maximum Gasteiger partial charge on any atom is 2.00 e. The van der Waals surface area contributed by atoms with Gasteiger partial charge in [0.2, 0.25) is 0 Å². The van der Waals surface area contributed by atoms with Crippen molar-refractivity contribution in [2.75, 3.05) is 0 Å². The minimum Gasteiger partial charge on any atom is -0.875 e. The van der Waals surface area contributed by atoms with E-state index in [-0.39, 0.29) is 22.8 Å². The Labute approximate surface area is 102 Å². The van der Waals surface area contributed by atoms with Gasteiger partial charge in [0.25, 0.3) is 0 Å². The van der Waals surface area contributed by atoms with Crippen LogP contribution in [0, 0.1) is 0 Å². The van der Waals surface area contributed by atoms with E-state index in [4.69, 9.17) is 0 Å². The van der Waals surface area contributed by atoms with E-state index < -0.39 is 0 Å². The van der Waals surface area contributed by atoms with Crippen molar-refractivity contribution in [2.45, 2.75) is 13.3 Å². The van der Waals surface area contributed by atoms with Crippen molar-refractivity contribution in [1.82, 2.24) is 0 Å². The van der Waals surface area contributed by atoms with E-state index in [1.54, 1.807) is 0 Å². The summed E-state index contributed by atoms with van der Waals surface area (Å²) in [5.74, 6) is 0.222. The molecule has 2 heteroatoms. The van der Waals surface area contributed by atoms with Crippen LogP contribution in [0.1, 0.15) is 13.3 Å². The first-order valence-corrected chi connectivity index (χ1v) is 4.76. The van der Waals surface area contributed by atoms with E-state index in [2.05, 4.69) is 0 Å². The quantitative estimate of drug-likeness (QED) is 0.421. The van der Waals surface area contributed by atoms with Crippen LogP contribution in [0.2, 0.25) is 0 Å². The molecule has 1 aromatic rings. The molecule has 0 bridgehead atoms. The van der Waals surface area contributed by atoms with Crippen molar-refractivity contribution in [3.05, 3.63) is 66.0 Å². The first kappa shape index (κ1) is 13.9. The first-order chi connectivity index (χ1) is 6.84. The monoisotopic (exact) mass is 242 g/mol. The second kappa shape index (κ2) is 8.22. The Morgan fingerprint density at radius 1 is 1.20 bits per heavy atom. The number of hydrogen-bond acceptors (Lipinski definition) is 1.